The highest BCUT2D eigenvalue weighted by molar-refractivity contribution is 6.11. The average Bonchev–Trinajstić information content (AvgIpc) is 3.04. The first-order chi connectivity index (χ1) is 16.1. The summed E-state index contributed by atoms with van der Waals surface area (Å²) in [5, 5.41) is 5.24. The van der Waals surface area contributed by atoms with Crippen LogP contribution in [0.3, 0.4) is 0 Å². The van der Waals surface area contributed by atoms with E-state index in [9.17, 15) is 28.0 Å². The Kier molecular flexibility index (Phi) is 6.16. The van der Waals surface area contributed by atoms with Gasteiger partial charge in [-0.3, -0.25) is 24.3 Å². The second-order valence-electron chi connectivity index (χ2n) is 8.67. The third-order valence-corrected chi connectivity index (χ3v) is 6.30. The Bertz CT molecular complexity index is 1140. The number of halogens is 2. The highest BCUT2D eigenvalue weighted by Gasteiger charge is 2.55. The third kappa shape index (κ3) is 4.66. The van der Waals surface area contributed by atoms with Crippen LogP contribution in [0.5, 0.6) is 0 Å². The van der Waals surface area contributed by atoms with Gasteiger partial charge in [0.15, 0.2) is 5.78 Å². The van der Waals surface area contributed by atoms with Gasteiger partial charge in [0.25, 0.3) is 5.91 Å². The van der Waals surface area contributed by atoms with Crippen molar-refractivity contribution in [3.05, 3.63) is 53.9 Å². The molecule has 2 aliphatic rings. The maximum Gasteiger partial charge on any atom is 0.325 e. The standard InChI is InChI=1S/C24H24F2N4O4/c1-15(31)28-13-19-18(3-2-12-27-19)16-4-6-17(7-5-16)20(32)14-30-21(33)23(29-22(30)34)8-10-24(25,26)11-9-23/h2-7,12H,8-11,13-14H2,1H3,(H,28,31)(H,29,34). The molecule has 1 aromatic carbocycles. The topological polar surface area (TPSA) is 108 Å². The number of carbonyl (C=O) groups is 4. The van der Waals surface area contributed by atoms with Crippen molar-refractivity contribution in [2.45, 2.75) is 50.6 Å². The summed E-state index contributed by atoms with van der Waals surface area (Å²) in [4.78, 5) is 54.4. The molecule has 1 aromatic heterocycles. The number of aromatic nitrogens is 1. The smallest absolute Gasteiger partial charge is 0.325 e. The molecule has 8 nitrogen and oxygen atoms in total. The van der Waals surface area contributed by atoms with Crippen LogP contribution in [0.25, 0.3) is 11.1 Å². The first-order valence-electron chi connectivity index (χ1n) is 10.9. The Morgan fingerprint density at radius 2 is 1.76 bits per heavy atom. The van der Waals surface area contributed by atoms with E-state index in [4.69, 9.17) is 0 Å². The molecular formula is C24H24F2N4O4. The molecule has 2 N–H and O–H groups in total. The van der Waals surface area contributed by atoms with E-state index in [2.05, 4.69) is 15.6 Å². The predicted molar refractivity (Wildman–Crippen MR) is 118 cm³/mol. The summed E-state index contributed by atoms with van der Waals surface area (Å²) in [6.07, 6.45) is 0.337. The van der Waals surface area contributed by atoms with E-state index in [-0.39, 0.29) is 25.3 Å². The molecule has 1 aliphatic heterocycles. The molecule has 4 rings (SSSR count). The molecule has 1 saturated carbocycles. The van der Waals surface area contributed by atoms with Crippen LogP contribution in [0.1, 0.15) is 48.7 Å². The van der Waals surface area contributed by atoms with Crippen LogP contribution in [0.4, 0.5) is 13.6 Å². The highest BCUT2D eigenvalue weighted by Crippen LogP contribution is 2.41. The van der Waals surface area contributed by atoms with E-state index in [1.54, 1.807) is 36.5 Å². The fourth-order valence-electron chi connectivity index (χ4n) is 4.32. The quantitative estimate of drug-likeness (QED) is 0.498. The van der Waals surface area contributed by atoms with Gasteiger partial charge in [0.1, 0.15) is 5.54 Å². The Labute approximate surface area is 194 Å². The zero-order valence-corrected chi connectivity index (χ0v) is 18.6. The van der Waals surface area contributed by atoms with Gasteiger partial charge in [-0.2, -0.15) is 0 Å². The van der Waals surface area contributed by atoms with Gasteiger partial charge in [-0.25, -0.2) is 13.6 Å². The lowest BCUT2D eigenvalue weighted by atomic mass is 9.80. The van der Waals surface area contributed by atoms with Crippen molar-refractivity contribution in [1.29, 1.82) is 0 Å². The van der Waals surface area contributed by atoms with Crippen molar-refractivity contribution in [3.63, 3.8) is 0 Å². The number of urea groups is 1. The van der Waals surface area contributed by atoms with Crippen LogP contribution in [0.15, 0.2) is 42.6 Å². The molecule has 1 spiro atoms. The number of pyridine rings is 1. The van der Waals surface area contributed by atoms with Gasteiger partial charge >= 0.3 is 6.03 Å². The van der Waals surface area contributed by atoms with Crippen LogP contribution in [-0.2, 0) is 16.1 Å². The van der Waals surface area contributed by atoms with Crippen LogP contribution >= 0.6 is 0 Å². The van der Waals surface area contributed by atoms with E-state index in [0.29, 0.717) is 11.3 Å². The maximum atomic E-state index is 13.5. The number of alkyl halides is 2. The second kappa shape index (κ2) is 8.92. The van der Waals surface area contributed by atoms with E-state index < -0.39 is 48.6 Å². The Hall–Kier alpha value is -3.69. The molecule has 2 heterocycles. The van der Waals surface area contributed by atoms with Crippen LogP contribution in [-0.4, -0.2) is 51.5 Å². The summed E-state index contributed by atoms with van der Waals surface area (Å²) in [6.45, 7) is 1.20. The molecule has 1 aliphatic carbocycles. The number of Topliss-reactive ketones (excluding diaryl/α,β-unsaturated/α-hetero) is 1. The molecular weight excluding hydrogens is 446 g/mol. The lowest BCUT2D eigenvalue weighted by Gasteiger charge is -2.34. The van der Waals surface area contributed by atoms with Crippen LogP contribution in [0, 0.1) is 0 Å². The van der Waals surface area contributed by atoms with E-state index in [1.165, 1.54) is 6.92 Å². The number of amides is 4. The third-order valence-electron chi connectivity index (χ3n) is 6.30. The van der Waals surface area contributed by atoms with Crippen LogP contribution in [0.2, 0.25) is 0 Å². The maximum absolute atomic E-state index is 13.5. The number of nitrogens with zero attached hydrogens (tertiary/aromatic N) is 2. The first kappa shape index (κ1) is 23.5. The predicted octanol–water partition coefficient (Wildman–Crippen LogP) is 3.07. The van der Waals surface area contributed by atoms with Crippen molar-refractivity contribution in [2.24, 2.45) is 0 Å². The molecule has 0 radical (unpaired) electrons. The summed E-state index contributed by atoms with van der Waals surface area (Å²) in [5.74, 6) is -4.10. The molecule has 178 valence electrons. The van der Waals surface area contributed by atoms with E-state index in [1.807, 2.05) is 6.07 Å². The number of carbonyl (C=O) groups excluding carboxylic acids is 4. The molecule has 10 heteroatoms. The monoisotopic (exact) mass is 470 g/mol. The minimum Gasteiger partial charge on any atom is -0.351 e. The van der Waals surface area contributed by atoms with E-state index in [0.717, 1.165) is 16.0 Å². The molecule has 1 saturated heterocycles. The Balaban J connectivity index is 1.46. The lowest BCUT2D eigenvalue weighted by Crippen LogP contribution is -2.51. The van der Waals surface area contributed by atoms with Gasteiger partial charge < -0.3 is 10.6 Å². The fourth-order valence-corrected chi connectivity index (χ4v) is 4.32. The van der Waals surface area contributed by atoms with Gasteiger partial charge in [0.05, 0.1) is 18.8 Å². The number of hydrogen-bond acceptors (Lipinski definition) is 5. The minimum atomic E-state index is -2.85. The highest BCUT2D eigenvalue weighted by atomic mass is 19.3. The summed E-state index contributed by atoms with van der Waals surface area (Å²) in [5.41, 5.74) is 1.18. The van der Waals surface area contributed by atoms with Gasteiger partial charge in [-0.15, -0.1) is 0 Å². The SMILES string of the molecule is CC(=O)NCc1ncccc1-c1ccc(C(=O)CN2C(=O)NC3(CCC(F)(F)CC3)C2=O)cc1. The number of hydrogen-bond donors (Lipinski definition) is 2. The van der Waals surface area contributed by atoms with Crippen molar-refractivity contribution < 1.29 is 28.0 Å². The zero-order valence-electron chi connectivity index (χ0n) is 18.6. The zero-order chi connectivity index (χ0) is 24.5. The van der Waals surface area contributed by atoms with Gasteiger partial charge in [-0.05, 0) is 24.5 Å². The summed E-state index contributed by atoms with van der Waals surface area (Å²) in [7, 11) is 0. The number of benzene rings is 1. The number of rotatable bonds is 6. The Morgan fingerprint density at radius 1 is 1.09 bits per heavy atom. The summed E-state index contributed by atoms with van der Waals surface area (Å²) >= 11 is 0. The van der Waals surface area contributed by atoms with Crippen molar-refractivity contribution >= 4 is 23.6 Å². The largest absolute Gasteiger partial charge is 0.351 e. The van der Waals surface area contributed by atoms with Gasteiger partial charge in [0.2, 0.25) is 11.8 Å². The van der Waals surface area contributed by atoms with Gasteiger partial charge in [0, 0.05) is 37.1 Å². The summed E-state index contributed by atoms with van der Waals surface area (Å²) < 4.78 is 27.1. The molecule has 2 aromatic rings. The van der Waals surface area contributed by atoms with Gasteiger partial charge in [-0.1, -0.05) is 30.3 Å². The molecule has 0 unspecified atom stereocenters. The molecule has 0 bridgehead atoms. The summed E-state index contributed by atoms with van der Waals surface area (Å²) in [6, 6.07) is 9.49. The Morgan fingerprint density at radius 3 is 2.41 bits per heavy atom. The normalized spacial score (nSPS) is 18.6. The molecule has 2 fully saturated rings. The van der Waals surface area contributed by atoms with Crippen molar-refractivity contribution in [1.82, 2.24) is 20.5 Å². The number of nitrogens with one attached hydrogen (secondary N) is 2. The number of imide groups is 1. The van der Waals surface area contributed by atoms with E-state index >= 15 is 0 Å². The van der Waals surface area contributed by atoms with Crippen molar-refractivity contribution in [2.75, 3.05) is 6.54 Å². The molecule has 34 heavy (non-hydrogen) atoms. The first-order valence-corrected chi connectivity index (χ1v) is 10.9. The second-order valence-corrected chi connectivity index (χ2v) is 8.67. The van der Waals surface area contributed by atoms with Crippen molar-refractivity contribution in [3.8, 4) is 11.1 Å². The molecule has 0 atom stereocenters. The van der Waals surface area contributed by atoms with Crippen LogP contribution < -0.4 is 10.6 Å². The fraction of sp³-hybridized carbons (Fsp3) is 0.375. The minimum absolute atomic E-state index is 0.157. The number of ketones is 1. The lowest BCUT2D eigenvalue weighted by molar-refractivity contribution is -0.135. The molecule has 4 amide bonds. The average molecular weight is 470 g/mol.